The lowest BCUT2D eigenvalue weighted by atomic mass is 10.2. The smallest absolute Gasteiger partial charge is 0.246 e. The highest BCUT2D eigenvalue weighted by atomic mass is 32.1. The molecule has 0 saturated carbocycles. The number of carbonyl (C=O) groups excluding carboxylic acids is 1. The van der Waals surface area contributed by atoms with Gasteiger partial charge in [-0.25, -0.2) is 0 Å². The average Bonchev–Trinajstić information content (AvgIpc) is 3.09. The molecule has 0 fully saturated rings. The van der Waals surface area contributed by atoms with Crippen LogP contribution in [0, 0.1) is 0 Å². The molecule has 0 spiro atoms. The van der Waals surface area contributed by atoms with Crippen LogP contribution in [0.2, 0.25) is 0 Å². The van der Waals surface area contributed by atoms with Gasteiger partial charge in [0, 0.05) is 24.8 Å². The van der Waals surface area contributed by atoms with Gasteiger partial charge >= 0.3 is 0 Å². The lowest BCUT2D eigenvalue weighted by Gasteiger charge is -2.14. The first-order valence-electron chi connectivity index (χ1n) is 6.77. The highest BCUT2D eigenvalue weighted by Crippen LogP contribution is 2.12. The highest BCUT2D eigenvalue weighted by Gasteiger charge is 2.13. The Kier molecular flexibility index (Phi) is 5.29. The van der Waals surface area contributed by atoms with Gasteiger partial charge in [0.1, 0.15) is 0 Å². The van der Waals surface area contributed by atoms with E-state index < -0.39 is 0 Å². The molecular weight excluding hydrogens is 274 g/mol. The molecule has 0 aromatic carbocycles. The fraction of sp³-hybridized carbons (Fsp3) is 0.500. The van der Waals surface area contributed by atoms with E-state index in [0.29, 0.717) is 24.7 Å². The van der Waals surface area contributed by atoms with Gasteiger partial charge in [-0.05, 0) is 24.3 Å². The van der Waals surface area contributed by atoms with Crippen LogP contribution in [-0.4, -0.2) is 28.0 Å². The van der Waals surface area contributed by atoms with Crippen molar-refractivity contribution in [2.45, 2.75) is 39.2 Å². The molecule has 108 valence electrons. The molecule has 0 aliphatic carbocycles. The number of hydrogen-bond donors (Lipinski definition) is 0. The van der Waals surface area contributed by atoms with Gasteiger partial charge in [0.25, 0.3) is 0 Å². The third-order valence-corrected chi connectivity index (χ3v) is 3.95. The quantitative estimate of drug-likeness (QED) is 0.787. The Morgan fingerprint density at radius 2 is 2.35 bits per heavy atom. The van der Waals surface area contributed by atoms with Crippen molar-refractivity contribution in [1.82, 2.24) is 15.0 Å². The van der Waals surface area contributed by atoms with E-state index in [9.17, 15) is 4.79 Å². The molecule has 6 heteroatoms. The molecule has 1 amide bonds. The summed E-state index contributed by atoms with van der Waals surface area (Å²) < 4.78 is 5.09. The zero-order chi connectivity index (χ0) is 14.4. The van der Waals surface area contributed by atoms with Crippen molar-refractivity contribution in [2.75, 3.05) is 7.05 Å². The molecule has 0 bridgehead atoms. The minimum absolute atomic E-state index is 0.109. The maximum Gasteiger partial charge on any atom is 0.246 e. The number of nitrogens with zero attached hydrogens (tertiary/aromatic N) is 3. The number of hydrogen-bond acceptors (Lipinski definition) is 5. The third kappa shape index (κ3) is 4.16. The van der Waals surface area contributed by atoms with E-state index in [1.54, 1.807) is 23.3 Å². The van der Waals surface area contributed by atoms with Crippen LogP contribution in [0.5, 0.6) is 0 Å². The van der Waals surface area contributed by atoms with Crippen molar-refractivity contribution in [2.24, 2.45) is 0 Å². The van der Waals surface area contributed by atoms with Crippen LogP contribution in [-0.2, 0) is 24.2 Å². The topological polar surface area (TPSA) is 59.2 Å². The summed E-state index contributed by atoms with van der Waals surface area (Å²) in [5.41, 5.74) is 0. The summed E-state index contributed by atoms with van der Waals surface area (Å²) in [6.45, 7) is 2.35. The minimum atomic E-state index is 0.109. The van der Waals surface area contributed by atoms with Gasteiger partial charge in [-0.15, -0.1) is 11.3 Å². The van der Waals surface area contributed by atoms with Crippen LogP contribution < -0.4 is 0 Å². The Balaban J connectivity index is 1.74. The fourth-order valence-electron chi connectivity index (χ4n) is 1.85. The van der Waals surface area contributed by atoms with Crippen LogP contribution in [0.1, 0.15) is 36.4 Å². The monoisotopic (exact) mass is 293 g/mol. The number of carbonyl (C=O) groups is 1. The Hall–Kier alpha value is -1.69. The second kappa shape index (κ2) is 7.19. The van der Waals surface area contributed by atoms with Gasteiger partial charge in [-0.2, -0.15) is 4.98 Å². The van der Waals surface area contributed by atoms with Crippen molar-refractivity contribution in [3.8, 4) is 0 Å². The Morgan fingerprint density at radius 3 is 3.00 bits per heavy atom. The van der Waals surface area contributed by atoms with Crippen molar-refractivity contribution in [3.63, 3.8) is 0 Å². The van der Waals surface area contributed by atoms with Gasteiger partial charge in [0.15, 0.2) is 5.82 Å². The molecule has 2 aromatic heterocycles. The van der Waals surface area contributed by atoms with Crippen molar-refractivity contribution in [1.29, 1.82) is 0 Å². The van der Waals surface area contributed by atoms with E-state index in [-0.39, 0.29) is 5.91 Å². The molecule has 0 radical (unpaired) electrons. The van der Waals surface area contributed by atoms with Gasteiger partial charge in [0.05, 0.1) is 6.54 Å². The lowest BCUT2D eigenvalue weighted by molar-refractivity contribution is -0.130. The Labute approximate surface area is 122 Å². The lowest BCUT2D eigenvalue weighted by Crippen LogP contribution is -2.26. The van der Waals surface area contributed by atoms with Crippen LogP contribution in [0.4, 0.5) is 0 Å². The fourth-order valence-corrected chi connectivity index (χ4v) is 2.60. The second-order valence-corrected chi connectivity index (χ2v) is 5.67. The molecule has 20 heavy (non-hydrogen) atoms. The van der Waals surface area contributed by atoms with E-state index in [4.69, 9.17) is 4.52 Å². The molecule has 0 saturated heterocycles. The van der Waals surface area contributed by atoms with Crippen LogP contribution in [0.15, 0.2) is 22.0 Å². The standard InChI is InChI=1S/C14H19N3O2S/c1-3-12-15-13(19-16-12)10-17(2)14(18)8-4-6-11-7-5-9-20-11/h5,7,9H,3-4,6,8,10H2,1-2H3. The van der Waals surface area contributed by atoms with Crippen molar-refractivity contribution >= 4 is 17.2 Å². The summed E-state index contributed by atoms with van der Waals surface area (Å²) >= 11 is 1.73. The first kappa shape index (κ1) is 14.7. The molecular formula is C14H19N3O2S. The van der Waals surface area contributed by atoms with E-state index in [1.165, 1.54) is 4.88 Å². The summed E-state index contributed by atoms with van der Waals surface area (Å²) in [6, 6.07) is 4.14. The zero-order valence-corrected chi connectivity index (χ0v) is 12.7. The zero-order valence-electron chi connectivity index (χ0n) is 11.8. The van der Waals surface area contributed by atoms with Gasteiger partial charge in [-0.3, -0.25) is 4.79 Å². The van der Waals surface area contributed by atoms with Gasteiger partial charge in [0.2, 0.25) is 11.8 Å². The summed E-state index contributed by atoms with van der Waals surface area (Å²) in [5, 5.41) is 5.88. The summed E-state index contributed by atoms with van der Waals surface area (Å²) in [4.78, 5) is 19.2. The highest BCUT2D eigenvalue weighted by molar-refractivity contribution is 7.09. The predicted molar refractivity (Wildman–Crippen MR) is 77.4 cm³/mol. The second-order valence-electron chi connectivity index (χ2n) is 4.64. The summed E-state index contributed by atoms with van der Waals surface area (Å²) in [5.74, 6) is 1.28. The number of aromatic nitrogens is 2. The molecule has 2 heterocycles. The predicted octanol–water partition coefficient (Wildman–Crippen LogP) is 2.67. The molecule has 0 aliphatic rings. The molecule has 0 N–H and O–H groups in total. The Morgan fingerprint density at radius 1 is 1.50 bits per heavy atom. The normalized spacial score (nSPS) is 10.7. The SMILES string of the molecule is CCc1noc(CN(C)C(=O)CCCc2cccs2)n1. The average molecular weight is 293 g/mol. The number of amides is 1. The van der Waals surface area contributed by atoms with E-state index >= 15 is 0 Å². The van der Waals surface area contributed by atoms with E-state index in [0.717, 1.165) is 19.3 Å². The third-order valence-electron chi connectivity index (χ3n) is 3.02. The molecule has 0 atom stereocenters. The molecule has 2 rings (SSSR count). The van der Waals surface area contributed by atoms with Gasteiger partial charge < -0.3 is 9.42 Å². The maximum atomic E-state index is 12.0. The summed E-state index contributed by atoms with van der Waals surface area (Å²) in [6.07, 6.45) is 3.11. The number of rotatable bonds is 7. The largest absolute Gasteiger partial charge is 0.337 e. The minimum Gasteiger partial charge on any atom is -0.337 e. The Bertz CT molecular complexity index is 536. The van der Waals surface area contributed by atoms with Crippen molar-refractivity contribution < 1.29 is 9.32 Å². The van der Waals surface area contributed by atoms with Crippen LogP contribution in [0.25, 0.3) is 0 Å². The first-order valence-corrected chi connectivity index (χ1v) is 7.64. The summed E-state index contributed by atoms with van der Waals surface area (Å²) in [7, 11) is 1.77. The van der Waals surface area contributed by atoms with E-state index in [1.807, 2.05) is 13.0 Å². The van der Waals surface area contributed by atoms with Gasteiger partial charge in [-0.1, -0.05) is 18.1 Å². The van der Waals surface area contributed by atoms with Crippen molar-refractivity contribution in [3.05, 3.63) is 34.1 Å². The maximum absolute atomic E-state index is 12.0. The van der Waals surface area contributed by atoms with Crippen LogP contribution in [0.3, 0.4) is 0 Å². The number of thiophene rings is 1. The molecule has 0 aliphatic heterocycles. The van der Waals surface area contributed by atoms with Crippen LogP contribution >= 0.6 is 11.3 Å². The number of aryl methyl sites for hydroxylation is 2. The molecule has 0 unspecified atom stereocenters. The molecule has 5 nitrogen and oxygen atoms in total. The van der Waals surface area contributed by atoms with E-state index in [2.05, 4.69) is 21.6 Å². The molecule has 2 aromatic rings. The first-order chi connectivity index (χ1) is 9.69.